The van der Waals surface area contributed by atoms with Gasteiger partial charge in [0.05, 0.1) is 5.69 Å². The summed E-state index contributed by atoms with van der Waals surface area (Å²) in [5.74, 6) is -0.125. The average Bonchev–Trinajstić information content (AvgIpc) is 2.86. The summed E-state index contributed by atoms with van der Waals surface area (Å²) in [6.07, 6.45) is 5.23. The van der Waals surface area contributed by atoms with Crippen LogP contribution in [0, 0.1) is 0 Å². The van der Waals surface area contributed by atoms with E-state index in [1.54, 1.807) is 22.2 Å². The summed E-state index contributed by atoms with van der Waals surface area (Å²) < 4.78 is 0. The smallest absolute Gasteiger partial charge is 0.281 e. The average molecular weight is 345 g/mol. The van der Waals surface area contributed by atoms with Crippen molar-refractivity contribution in [3.8, 4) is 0 Å². The van der Waals surface area contributed by atoms with Crippen LogP contribution >= 0.6 is 12.2 Å². The van der Waals surface area contributed by atoms with Gasteiger partial charge >= 0.3 is 0 Å². The SMILES string of the molecule is CN1C(=S)N(c2ccc3ccccc3c2)C(=O)C1=Cc1ccncc1. The van der Waals surface area contributed by atoms with Crippen molar-refractivity contribution in [2.24, 2.45) is 0 Å². The Morgan fingerprint density at radius 1 is 1.00 bits per heavy atom. The van der Waals surface area contributed by atoms with Crippen molar-refractivity contribution in [3.05, 3.63) is 78.3 Å². The molecule has 5 heteroatoms. The Morgan fingerprint density at radius 3 is 2.48 bits per heavy atom. The Labute approximate surface area is 151 Å². The van der Waals surface area contributed by atoms with E-state index in [4.69, 9.17) is 12.2 Å². The number of pyridine rings is 1. The number of rotatable bonds is 2. The zero-order valence-corrected chi connectivity index (χ0v) is 14.4. The van der Waals surface area contributed by atoms with Crippen LogP contribution in [-0.4, -0.2) is 28.0 Å². The highest BCUT2D eigenvalue weighted by molar-refractivity contribution is 7.80. The van der Waals surface area contributed by atoms with Crippen LogP contribution in [-0.2, 0) is 4.79 Å². The van der Waals surface area contributed by atoms with E-state index in [1.807, 2.05) is 67.7 Å². The van der Waals surface area contributed by atoms with Gasteiger partial charge in [-0.05, 0) is 58.9 Å². The standard InChI is InChI=1S/C20H15N3OS/c1-22-18(12-14-8-10-21-11-9-14)19(24)23(20(22)25)17-7-6-15-4-2-3-5-16(15)13-17/h2-13H,1H3. The molecule has 0 radical (unpaired) electrons. The maximum Gasteiger partial charge on any atom is 0.281 e. The summed E-state index contributed by atoms with van der Waals surface area (Å²) in [6.45, 7) is 0. The van der Waals surface area contributed by atoms with Crippen molar-refractivity contribution in [1.29, 1.82) is 0 Å². The van der Waals surface area contributed by atoms with E-state index in [9.17, 15) is 4.79 Å². The normalized spacial score (nSPS) is 16.3. The molecule has 0 bridgehead atoms. The molecule has 0 unspecified atom stereocenters. The Balaban J connectivity index is 1.76. The second-order valence-corrected chi connectivity index (χ2v) is 6.19. The zero-order valence-electron chi connectivity index (χ0n) is 13.6. The number of aromatic nitrogens is 1. The molecule has 3 aromatic rings. The predicted molar refractivity (Wildman–Crippen MR) is 104 cm³/mol. The topological polar surface area (TPSA) is 36.4 Å². The second kappa shape index (κ2) is 6.11. The first-order chi connectivity index (χ1) is 12.1. The minimum absolute atomic E-state index is 0.125. The number of hydrogen-bond donors (Lipinski definition) is 0. The number of anilines is 1. The number of thiocarbonyl (C=S) groups is 1. The van der Waals surface area contributed by atoms with E-state index in [0.29, 0.717) is 10.8 Å². The number of amides is 1. The van der Waals surface area contributed by atoms with E-state index in [0.717, 1.165) is 22.0 Å². The molecule has 0 saturated carbocycles. The van der Waals surface area contributed by atoms with Gasteiger partial charge in [0.2, 0.25) is 0 Å². The van der Waals surface area contributed by atoms with E-state index in [1.165, 1.54) is 0 Å². The van der Waals surface area contributed by atoms with Gasteiger partial charge in [0.1, 0.15) is 5.70 Å². The summed E-state index contributed by atoms with van der Waals surface area (Å²) >= 11 is 5.52. The van der Waals surface area contributed by atoms with E-state index in [2.05, 4.69) is 4.98 Å². The van der Waals surface area contributed by atoms with Gasteiger partial charge in [-0.15, -0.1) is 0 Å². The highest BCUT2D eigenvalue weighted by atomic mass is 32.1. The number of benzene rings is 2. The van der Waals surface area contributed by atoms with Crippen molar-refractivity contribution >= 4 is 45.8 Å². The van der Waals surface area contributed by atoms with E-state index < -0.39 is 0 Å². The van der Waals surface area contributed by atoms with Gasteiger partial charge in [-0.3, -0.25) is 14.7 Å². The molecule has 1 fully saturated rings. The Hall–Kier alpha value is -3.05. The lowest BCUT2D eigenvalue weighted by Crippen LogP contribution is -2.31. The van der Waals surface area contributed by atoms with Crippen LogP contribution in [0.4, 0.5) is 5.69 Å². The molecule has 0 atom stereocenters. The first kappa shape index (κ1) is 15.5. The third-order valence-electron chi connectivity index (χ3n) is 4.26. The second-order valence-electron chi connectivity index (χ2n) is 5.82. The molecule has 1 aromatic heterocycles. The molecular weight excluding hydrogens is 330 g/mol. The first-order valence-corrected chi connectivity index (χ1v) is 8.28. The van der Waals surface area contributed by atoms with Gasteiger partial charge < -0.3 is 4.90 Å². The number of carbonyl (C=O) groups is 1. The molecule has 25 heavy (non-hydrogen) atoms. The van der Waals surface area contributed by atoms with Gasteiger partial charge in [0, 0.05) is 19.4 Å². The molecule has 0 aliphatic carbocycles. The number of nitrogens with zero attached hydrogens (tertiary/aromatic N) is 3. The van der Waals surface area contributed by atoms with Crippen molar-refractivity contribution < 1.29 is 4.79 Å². The lowest BCUT2D eigenvalue weighted by Gasteiger charge is -2.17. The zero-order chi connectivity index (χ0) is 17.4. The highest BCUT2D eigenvalue weighted by Gasteiger charge is 2.36. The van der Waals surface area contributed by atoms with Crippen LogP contribution in [0.15, 0.2) is 72.7 Å². The van der Waals surface area contributed by atoms with Crippen LogP contribution < -0.4 is 4.90 Å². The highest BCUT2D eigenvalue weighted by Crippen LogP contribution is 2.30. The summed E-state index contributed by atoms with van der Waals surface area (Å²) in [6, 6.07) is 17.7. The predicted octanol–water partition coefficient (Wildman–Crippen LogP) is 3.84. The fourth-order valence-corrected chi connectivity index (χ4v) is 3.20. The molecule has 4 rings (SSSR count). The van der Waals surface area contributed by atoms with Crippen molar-refractivity contribution in [3.63, 3.8) is 0 Å². The van der Waals surface area contributed by atoms with Gasteiger partial charge in [-0.25, -0.2) is 0 Å². The third kappa shape index (κ3) is 2.68. The van der Waals surface area contributed by atoms with Crippen molar-refractivity contribution in [1.82, 2.24) is 9.88 Å². The summed E-state index contributed by atoms with van der Waals surface area (Å²) in [5.41, 5.74) is 2.23. The maximum absolute atomic E-state index is 13.0. The summed E-state index contributed by atoms with van der Waals surface area (Å²) in [7, 11) is 1.81. The number of likely N-dealkylation sites (N-methyl/N-ethyl adjacent to an activating group) is 1. The van der Waals surface area contributed by atoms with Crippen molar-refractivity contribution in [2.75, 3.05) is 11.9 Å². The quantitative estimate of drug-likeness (QED) is 0.522. The van der Waals surface area contributed by atoms with Gasteiger partial charge in [-0.1, -0.05) is 30.3 Å². The van der Waals surface area contributed by atoms with Crippen LogP contribution in [0.1, 0.15) is 5.56 Å². The van der Waals surface area contributed by atoms with Crippen LogP contribution in [0.3, 0.4) is 0 Å². The van der Waals surface area contributed by atoms with Crippen molar-refractivity contribution in [2.45, 2.75) is 0 Å². The minimum atomic E-state index is -0.125. The largest absolute Gasteiger partial charge is 0.317 e. The monoisotopic (exact) mass is 345 g/mol. The number of hydrogen-bond acceptors (Lipinski definition) is 3. The van der Waals surface area contributed by atoms with Crippen LogP contribution in [0.5, 0.6) is 0 Å². The molecule has 2 aromatic carbocycles. The van der Waals surface area contributed by atoms with Gasteiger partial charge in [0.15, 0.2) is 5.11 Å². The molecule has 122 valence electrons. The number of fused-ring (bicyclic) bond motifs is 1. The van der Waals surface area contributed by atoms with E-state index in [-0.39, 0.29) is 5.91 Å². The third-order valence-corrected chi connectivity index (χ3v) is 4.72. The summed E-state index contributed by atoms with van der Waals surface area (Å²) in [5, 5.41) is 2.68. The first-order valence-electron chi connectivity index (χ1n) is 7.88. The summed E-state index contributed by atoms with van der Waals surface area (Å²) in [4.78, 5) is 20.3. The molecule has 1 aliphatic heterocycles. The Bertz CT molecular complexity index is 1010. The van der Waals surface area contributed by atoms with Gasteiger partial charge in [-0.2, -0.15) is 0 Å². The number of carbonyl (C=O) groups excluding carboxylic acids is 1. The van der Waals surface area contributed by atoms with Gasteiger partial charge in [0.25, 0.3) is 5.91 Å². The fraction of sp³-hybridized carbons (Fsp3) is 0.0500. The molecule has 1 saturated heterocycles. The lowest BCUT2D eigenvalue weighted by atomic mass is 10.1. The molecule has 1 amide bonds. The molecule has 0 N–H and O–H groups in total. The minimum Gasteiger partial charge on any atom is -0.317 e. The Kier molecular flexibility index (Phi) is 3.78. The molecule has 0 spiro atoms. The molecule has 2 heterocycles. The molecule has 1 aliphatic rings. The maximum atomic E-state index is 13.0. The lowest BCUT2D eigenvalue weighted by molar-refractivity contribution is -0.114. The Morgan fingerprint density at radius 2 is 1.72 bits per heavy atom. The van der Waals surface area contributed by atoms with Crippen LogP contribution in [0.2, 0.25) is 0 Å². The van der Waals surface area contributed by atoms with Crippen LogP contribution in [0.25, 0.3) is 16.8 Å². The fourth-order valence-electron chi connectivity index (χ4n) is 2.92. The molecular formula is C20H15N3OS. The van der Waals surface area contributed by atoms with E-state index >= 15 is 0 Å². The molecule has 4 nitrogen and oxygen atoms in total.